The number of nitrogens with one attached hydrogen (secondary N) is 1. The summed E-state index contributed by atoms with van der Waals surface area (Å²) in [5, 5.41) is 6.80. The lowest BCUT2D eigenvalue weighted by molar-refractivity contribution is 0.183. The topological polar surface area (TPSA) is 66.1 Å². The second-order valence-corrected chi connectivity index (χ2v) is 7.27. The molecule has 17 heavy (non-hydrogen) atoms. The lowest BCUT2D eigenvalue weighted by Crippen LogP contribution is -2.43. The Morgan fingerprint density at radius 3 is 2.82 bits per heavy atom. The molecule has 1 aliphatic heterocycles. The fourth-order valence-electron chi connectivity index (χ4n) is 2.69. The summed E-state index contributed by atoms with van der Waals surface area (Å²) in [6, 6.07) is 0. The van der Waals surface area contributed by atoms with E-state index in [2.05, 4.69) is 29.1 Å². The van der Waals surface area contributed by atoms with Crippen molar-refractivity contribution in [3.05, 3.63) is 11.9 Å². The molecule has 1 atom stereocenters. The Kier molecular flexibility index (Phi) is 3.03. The van der Waals surface area contributed by atoms with Gasteiger partial charge in [-0.05, 0) is 26.4 Å². The third kappa shape index (κ3) is 2.37. The molecule has 1 aromatic heterocycles. The van der Waals surface area contributed by atoms with Gasteiger partial charge in [0.1, 0.15) is 4.90 Å². The van der Waals surface area contributed by atoms with E-state index in [0.717, 1.165) is 31.6 Å². The zero-order valence-corrected chi connectivity index (χ0v) is 11.3. The predicted octanol–water partition coefficient (Wildman–Crippen LogP) is 0.796. The van der Waals surface area contributed by atoms with Crippen molar-refractivity contribution in [2.75, 3.05) is 26.4 Å². The largest absolute Gasteiger partial charge is 0.305 e. The van der Waals surface area contributed by atoms with E-state index in [1.807, 2.05) is 0 Å². The average Bonchev–Trinajstić information content (AvgIpc) is 2.64. The smallest absolute Gasteiger partial charge is 0.178 e. The van der Waals surface area contributed by atoms with E-state index >= 15 is 0 Å². The highest BCUT2D eigenvalue weighted by Crippen LogP contribution is 2.35. The van der Waals surface area contributed by atoms with Crippen molar-refractivity contribution in [1.82, 2.24) is 15.1 Å². The Bertz CT molecular complexity index is 509. The molecule has 1 saturated heterocycles. The first-order chi connectivity index (χ1) is 7.83. The molecule has 2 heterocycles. The van der Waals surface area contributed by atoms with Gasteiger partial charge in [0, 0.05) is 18.2 Å². The van der Waals surface area contributed by atoms with Gasteiger partial charge in [0.25, 0.3) is 0 Å². The number of hydrogen-bond donors (Lipinski definition) is 1. The van der Waals surface area contributed by atoms with Crippen LogP contribution in [0.15, 0.2) is 11.1 Å². The van der Waals surface area contributed by atoms with Crippen LogP contribution >= 0.6 is 0 Å². The molecule has 0 radical (unpaired) electrons. The molecular formula is C11H19N3O2S. The van der Waals surface area contributed by atoms with Crippen LogP contribution in [0.5, 0.6) is 0 Å². The molecule has 1 aromatic rings. The van der Waals surface area contributed by atoms with Gasteiger partial charge >= 0.3 is 0 Å². The molecule has 0 aromatic carbocycles. The number of aromatic nitrogens is 2. The van der Waals surface area contributed by atoms with Gasteiger partial charge in [0.05, 0.1) is 11.9 Å². The number of nitrogens with zero attached hydrogens (tertiary/aromatic N) is 2. The van der Waals surface area contributed by atoms with Gasteiger partial charge in [0.15, 0.2) is 9.84 Å². The molecule has 0 spiro atoms. The highest BCUT2D eigenvalue weighted by Gasteiger charge is 2.36. The van der Waals surface area contributed by atoms with Crippen molar-refractivity contribution in [2.45, 2.75) is 30.1 Å². The molecule has 0 aliphatic carbocycles. The van der Waals surface area contributed by atoms with Crippen molar-refractivity contribution >= 4 is 9.84 Å². The first-order valence-corrected chi connectivity index (χ1v) is 7.64. The van der Waals surface area contributed by atoms with Crippen molar-refractivity contribution in [1.29, 1.82) is 0 Å². The summed E-state index contributed by atoms with van der Waals surface area (Å²) in [7, 11) is -1.14. The van der Waals surface area contributed by atoms with Crippen LogP contribution in [-0.2, 0) is 15.3 Å². The van der Waals surface area contributed by atoms with Crippen molar-refractivity contribution in [3.8, 4) is 0 Å². The van der Waals surface area contributed by atoms with E-state index in [1.165, 1.54) is 12.5 Å². The quantitative estimate of drug-likeness (QED) is 0.851. The van der Waals surface area contributed by atoms with Crippen LogP contribution in [0, 0.1) is 0 Å². The average molecular weight is 257 g/mol. The number of likely N-dealkylation sites (N-methyl/N-ethyl adjacent to an activating group) is 1. The van der Waals surface area contributed by atoms with Crippen LogP contribution in [0.4, 0.5) is 0 Å². The standard InChI is InChI=1S/C11H19N3O2S/c1-11(5-4-6-14(2)8-11)10-9(7-12-13-10)17(3,15)16/h7H,4-6,8H2,1-3H3,(H,12,13). The lowest BCUT2D eigenvalue weighted by atomic mass is 9.79. The minimum atomic E-state index is -3.21. The van der Waals surface area contributed by atoms with Crippen LogP contribution in [0.25, 0.3) is 0 Å². The molecule has 6 heteroatoms. The van der Waals surface area contributed by atoms with Gasteiger partial charge in [-0.15, -0.1) is 0 Å². The monoisotopic (exact) mass is 257 g/mol. The predicted molar refractivity (Wildman–Crippen MR) is 65.8 cm³/mol. The number of piperidine rings is 1. The summed E-state index contributed by atoms with van der Waals surface area (Å²) in [5.74, 6) is 0. The number of aromatic amines is 1. The highest BCUT2D eigenvalue weighted by molar-refractivity contribution is 7.90. The van der Waals surface area contributed by atoms with Crippen molar-refractivity contribution in [3.63, 3.8) is 0 Å². The third-order valence-electron chi connectivity index (χ3n) is 3.49. The maximum atomic E-state index is 11.7. The zero-order chi connectivity index (χ0) is 12.7. The molecule has 0 bridgehead atoms. The van der Waals surface area contributed by atoms with Crippen molar-refractivity contribution < 1.29 is 8.42 Å². The summed E-state index contributed by atoms with van der Waals surface area (Å²) in [6.07, 6.45) is 4.72. The molecule has 0 saturated carbocycles. The maximum absolute atomic E-state index is 11.7. The highest BCUT2D eigenvalue weighted by atomic mass is 32.2. The first-order valence-electron chi connectivity index (χ1n) is 5.75. The van der Waals surface area contributed by atoms with Crippen LogP contribution < -0.4 is 0 Å². The number of likely N-dealkylation sites (tertiary alicyclic amines) is 1. The molecule has 5 nitrogen and oxygen atoms in total. The SMILES string of the molecule is CN1CCCC(C)(c2[nH]ncc2S(C)(=O)=O)C1. The zero-order valence-electron chi connectivity index (χ0n) is 10.5. The van der Waals surface area contributed by atoms with Gasteiger partial charge in [-0.3, -0.25) is 5.10 Å². The molecule has 96 valence electrons. The lowest BCUT2D eigenvalue weighted by Gasteiger charge is -2.38. The summed E-state index contributed by atoms with van der Waals surface area (Å²) in [4.78, 5) is 2.58. The molecule has 1 fully saturated rings. The Morgan fingerprint density at radius 1 is 1.53 bits per heavy atom. The van der Waals surface area contributed by atoms with E-state index in [4.69, 9.17) is 0 Å². The van der Waals surface area contributed by atoms with Crippen LogP contribution in [-0.4, -0.2) is 49.9 Å². The second kappa shape index (κ2) is 4.10. The minimum Gasteiger partial charge on any atom is -0.305 e. The van der Waals surface area contributed by atoms with E-state index in [9.17, 15) is 8.42 Å². The molecular weight excluding hydrogens is 238 g/mol. The van der Waals surface area contributed by atoms with E-state index in [-0.39, 0.29) is 5.41 Å². The summed E-state index contributed by atoms with van der Waals surface area (Å²) in [5.41, 5.74) is 0.605. The van der Waals surface area contributed by atoms with Gasteiger partial charge in [0.2, 0.25) is 0 Å². The number of H-pyrrole nitrogens is 1. The fraction of sp³-hybridized carbons (Fsp3) is 0.727. The summed E-state index contributed by atoms with van der Waals surface area (Å²) < 4.78 is 23.4. The van der Waals surface area contributed by atoms with E-state index in [1.54, 1.807) is 0 Å². The van der Waals surface area contributed by atoms with Gasteiger partial charge in [-0.1, -0.05) is 6.92 Å². The number of hydrogen-bond acceptors (Lipinski definition) is 4. The molecule has 0 amide bonds. The minimum absolute atomic E-state index is 0.151. The fourth-order valence-corrected chi connectivity index (χ4v) is 3.59. The Labute approximate surface area is 102 Å². The Hall–Kier alpha value is -0.880. The summed E-state index contributed by atoms with van der Waals surface area (Å²) >= 11 is 0. The van der Waals surface area contributed by atoms with Gasteiger partial charge in [-0.2, -0.15) is 5.10 Å². The molecule has 1 aliphatic rings. The van der Waals surface area contributed by atoms with Gasteiger partial charge in [-0.25, -0.2) is 8.42 Å². The Balaban J connectivity index is 2.43. The van der Waals surface area contributed by atoms with Crippen LogP contribution in [0.2, 0.25) is 0 Å². The van der Waals surface area contributed by atoms with Crippen molar-refractivity contribution in [2.24, 2.45) is 0 Å². The van der Waals surface area contributed by atoms with E-state index in [0.29, 0.717) is 4.90 Å². The second-order valence-electron chi connectivity index (χ2n) is 5.28. The van der Waals surface area contributed by atoms with Gasteiger partial charge < -0.3 is 4.90 Å². The molecule has 2 rings (SSSR count). The molecule has 1 unspecified atom stereocenters. The number of sulfone groups is 1. The van der Waals surface area contributed by atoms with E-state index < -0.39 is 9.84 Å². The third-order valence-corrected chi connectivity index (χ3v) is 4.60. The number of rotatable bonds is 2. The summed E-state index contributed by atoms with van der Waals surface area (Å²) in [6.45, 7) is 4.03. The first kappa shape index (κ1) is 12.6. The van der Waals surface area contributed by atoms with Crippen LogP contribution in [0.1, 0.15) is 25.5 Å². The maximum Gasteiger partial charge on any atom is 0.178 e. The normalized spacial score (nSPS) is 27.2. The molecule has 1 N–H and O–H groups in total. The Morgan fingerprint density at radius 2 is 2.24 bits per heavy atom. The van der Waals surface area contributed by atoms with Crippen LogP contribution in [0.3, 0.4) is 0 Å².